The van der Waals surface area contributed by atoms with E-state index < -0.39 is 0 Å². The molecule has 180 valence electrons. The Balaban J connectivity index is 1.80. The van der Waals surface area contributed by atoms with E-state index in [9.17, 15) is 9.59 Å². The van der Waals surface area contributed by atoms with Crippen LogP contribution >= 0.6 is 11.3 Å². The van der Waals surface area contributed by atoms with Gasteiger partial charge in [-0.3, -0.25) is 9.59 Å². The highest BCUT2D eigenvalue weighted by Gasteiger charge is 2.23. The van der Waals surface area contributed by atoms with Crippen LogP contribution in [0.1, 0.15) is 32.8 Å². The largest absolute Gasteiger partial charge is 0.497 e. The lowest BCUT2D eigenvalue weighted by Gasteiger charge is -2.28. The molecule has 3 aromatic rings. The van der Waals surface area contributed by atoms with Crippen molar-refractivity contribution >= 4 is 23.2 Å². The molecule has 0 N–H and O–H groups in total. The van der Waals surface area contributed by atoms with Crippen molar-refractivity contribution in [1.82, 2.24) is 9.80 Å². The van der Waals surface area contributed by atoms with Crippen LogP contribution in [0.5, 0.6) is 5.75 Å². The Kier molecular flexibility index (Phi) is 9.67. The van der Waals surface area contributed by atoms with E-state index in [1.54, 1.807) is 54.7 Å². The fraction of sp³-hybridized carbons (Fsp3) is 0.333. The number of thiophene rings is 1. The lowest BCUT2D eigenvalue weighted by molar-refractivity contribution is -0.133. The van der Waals surface area contributed by atoms with Crippen molar-refractivity contribution < 1.29 is 19.1 Å². The Morgan fingerprint density at radius 2 is 1.65 bits per heavy atom. The molecule has 0 radical (unpaired) electrons. The summed E-state index contributed by atoms with van der Waals surface area (Å²) in [6.45, 7) is 4.01. The molecular weight excluding hydrogens is 448 g/mol. The number of benzene rings is 2. The number of nitrogens with zero attached hydrogens (tertiary/aromatic N) is 2. The molecule has 1 aromatic heterocycles. The summed E-state index contributed by atoms with van der Waals surface area (Å²) >= 11 is 1.65. The molecule has 1 heterocycles. The van der Waals surface area contributed by atoms with Gasteiger partial charge >= 0.3 is 0 Å². The molecule has 0 fully saturated rings. The zero-order valence-corrected chi connectivity index (χ0v) is 20.8. The maximum Gasteiger partial charge on any atom is 0.254 e. The summed E-state index contributed by atoms with van der Waals surface area (Å²) in [6, 6.07) is 19.0. The van der Waals surface area contributed by atoms with Gasteiger partial charge in [-0.1, -0.05) is 30.3 Å². The Hall–Kier alpha value is -3.16. The number of carbonyl (C=O) groups excluding carboxylic acids is 2. The highest BCUT2D eigenvalue weighted by atomic mass is 32.1. The molecule has 7 heteroatoms. The first-order chi connectivity index (χ1) is 16.5. The third-order valence-electron chi connectivity index (χ3n) is 5.60. The number of rotatable bonds is 12. The Morgan fingerprint density at radius 1 is 0.912 bits per heavy atom. The minimum atomic E-state index is -0.181. The zero-order chi connectivity index (χ0) is 24.3. The van der Waals surface area contributed by atoms with Crippen molar-refractivity contribution in [1.29, 1.82) is 0 Å². The highest BCUT2D eigenvalue weighted by Crippen LogP contribution is 2.20. The maximum absolute atomic E-state index is 13.5. The summed E-state index contributed by atoms with van der Waals surface area (Å²) in [6.07, 6.45) is 0.647. The Bertz CT molecular complexity index is 1050. The second-order valence-corrected chi connectivity index (χ2v) is 9.06. The van der Waals surface area contributed by atoms with E-state index in [2.05, 4.69) is 13.0 Å². The Morgan fingerprint density at radius 3 is 2.26 bits per heavy atom. The van der Waals surface area contributed by atoms with Crippen LogP contribution in [0.25, 0.3) is 0 Å². The highest BCUT2D eigenvalue weighted by molar-refractivity contribution is 7.10. The van der Waals surface area contributed by atoms with Gasteiger partial charge in [0, 0.05) is 37.2 Å². The minimum Gasteiger partial charge on any atom is -0.497 e. The van der Waals surface area contributed by atoms with Gasteiger partial charge in [0.2, 0.25) is 5.91 Å². The molecule has 2 aromatic carbocycles. The molecule has 0 atom stereocenters. The molecule has 0 spiro atoms. The molecule has 0 saturated heterocycles. The average Bonchev–Trinajstić information content (AvgIpc) is 3.27. The van der Waals surface area contributed by atoms with Crippen LogP contribution in [0.2, 0.25) is 0 Å². The van der Waals surface area contributed by atoms with Gasteiger partial charge in [0.05, 0.1) is 13.7 Å². The van der Waals surface area contributed by atoms with Crippen molar-refractivity contribution in [3.63, 3.8) is 0 Å². The smallest absolute Gasteiger partial charge is 0.254 e. The molecule has 0 unspecified atom stereocenters. The molecular formula is C27H32N2O4S. The van der Waals surface area contributed by atoms with Crippen molar-refractivity contribution in [2.75, 3.05) is 33.9 Å². The van der Waals surface area contributed by atoms with Gasteiger partial charge in [-0.25, -0.2) is 0 Å². The van der Waals surface area contributed by atoms with Crippen LogP contribution < -0.4 is 4.74 Å². The van der Waals surface area contributed by atoms with Crippen LogP contribution in [0, 0.1) is 6.92 Å². The van der Waals surface area contributed by atoms with Gasteiger partial charge in [-0.05, 0) is 60.2 Å². The number of ether oxygens (including phenoxy) is 2. The predicted molar refractivity (Wildman–Crippen MR) is 135 cm³/mol. The first kappa shape index (κ1) is 25.5. The number of hydrogen-bond acceptors (Lipinski definition) is 5. The molecule has 0 saturated carbocycles. The summed E-state index contributed by atoms with van der Waals surface area (Å²) in [5.41, 5.74) is 2.74. The molecule has 0 aliphatic rings. The third kappa shape index (κ3) is 7.17. The molecule has 0 aliphatic heterocycles. The SMILES string of the molecule is COCCCN(CC(=O)N(Cc1ccccc1)Cc1sccc1C)C(=O)c1ccc(OC)cc1. The van der Waals surface area contributed by atoms with E-state index in [1.807, 2.05) is 40.6 Å². The fourth-order valence-corrected chi connectivity index (χ4v) is 4.53. The average molecular weight is 481 g/mol. The van der Waals surface area contributed by atoms with Gasteiger partial charge in [0.1, 0.15) is 12.3 Å². The van der Waals surface area contributed by atoms with E-state index in [1.165, 1.54) is 5.56 Å². The molecule has 34 heavy (non-hydrogen) atoms. The van der Waals surface area contributed by atoms with Gasteiger partial charge in [0.25, 0.3) is 5.91 Å². The second kappa shape index (κ2) is 12.9. The quantitative estimate of drug-likeness (QED) is 0.350. The third-order valence-corrected chi connectivity index (χ3v) is 6.61. The van der Waals surface area contributed by atoms with Crippen molar-refractivity contribution in [2.45, 2.75) is 26.4 Å². The van der Waals surface area contributed by atoms with Crippen LogP contribution in [0.4, 0.5) is 0 Å². The summed E-state index contributed by atoms with van der Waals surface area (Å²) in [5.74, 6) is 0.411. The summed E-state index contributed by atoms with van der Waals surface area (Å²) in [4.78, 5) is 31.4. The number of aryl methyl sites for hydroxylation is 1. The van der Waals surface area contributed by atoms with E-state index in [4.69, 9.17) is 9.47 Å². The summed E-state index contributed by atoms with van der Waals surface area (Å²) in [5, 5.41) is 2.04. The summed E-state index contributed by atoms with van der Waals surface area (Å²) in [7, 11) is 3.22. The van der Waals surface area contributed by atoms with Crippen molar-refractivity contribution in [3.05, 3.63) is 87.6 Å². The van der Waals surface area contributed by atoms with Gasteiger partial charge in [0.15, 0.2) is 0 Å². The van der Waals surface area contributed by atoms with Crippen LogP contribution in [0.15, 0.2) is 66.0 Å². The van der Waals surface area contributed by atoms with E-state index >= 15 is 0 Å². The maximum atomic E-state index is 13.5. The van der Waals surface area contributed by atoms with Crippen molar-refractivity contribution in [2.24, 2.45) is 0 Å². The lowest BCUT2D eigenvalue weighted by atomic mass is 10.1. The predicted octanol–water partition coefficient (Wildman–Crippen LogP) is 4.77. The zero-order valence-electron chi connectivity index (χ0n) is 20.0. The fourth-order valence-electron chi connectivity index (χ4n) is 3.61. The molecule has 0 bridgehead atoms. The van der Waals surface area contributed by atoms with Crippen molar-refractivity contribution in [3.8, 4) is 5.75 Å². The standard InChI is InChI=1S/C27H32N2O4S/c1-21-14-17-34-25(21)19-29(18-22-8-5-4-6-9-22)26(30)20-28(15-7-16-32-2)27(31)23-10-12-24(33-3)13-11-23/h4-6,8-14,17H,7,15-16,18-20H2,1-3H3. The number of amides is 2. The number of carbonyl (C=O) groups is 2. The van der Waals surface area contributed by atoms with E-state index in [-0.39, 0.29) is 18.4 Å². The van der Waals surface area contributed by atoms with Crippen LogP contribution in [0.3, 0.4) is 0 Å². The molecule has 6 nitrogen and oxygen atoms in total. The number of methoxy groups -OCH3 is 2. The normalized spacial score (nSPS) is 10.7. The Labute approximate surface area is 205 Å². The van der Waals surface area contributed by atoms with Crippen LogP contribution in [-0.4, -0.2) is 55.5 Å². The van der Waals surface area contributed by atoms with Gasteiger partial charge in [-0.2, -0.15) is 0 Å². The van der Waals surface area contributed by atoms with E-state index in [0.717, 1.165) is 10.4 Å². The first-order valence-electron chi connectivity index (χ1n) is 11.3. The first-order valence-corrected chi connectivity index (χ1v) is 12.2. The van der Waals surface area contributed by atoms with E-state index in [0.29, 0.717) is 44.0 Å². The molecule has 0 aliphatic carbocycles. The topological polar surface area (TPSA) is 59.1 Å². The minimum absolute atomic E-state index is 0.00579. The van der Waals surface area contributed by atoms with Crippen LogP contribution in [-0.2, 0) is 22.6 Å². The monoisotopic (exact) mass is 480 g/mol. The summed E-state index contributed by atoms with van der Waals surface area (Å²) < 4.78 is 10.4. The lowest BCUT2D eigenvalue weighted by Crippen LogP contribution is -2.43. The second-order valence-electron chi connectivity index (χ2n) is 8.06. The molecule has 3 rings (SSSR count). The van der Waals surface area contributed by atoms with Gasteiger partial charge in [-0.15, -0.1) is 11.3 Å². The molecule has 2 amide bonds. The van der Waals surface area contributed by atoms with Gasteiger partial charge < -0.3 is 19.3 Å². The number of hydrogen-bond donors (Lipinski definition) is 0.